The molecule has 0 radical (unpaired) electrons. The molecule has 1 saturated heterocycles. The predicted molar refractivity (Wildman–Crippen MR) is 77.8 cm³/mol. The summed E-state index contributed by atoms with van der Waals surface area (Å²) in [4.78, 5) is 2.47. The molecular formula is C15H32N2O. The van der Waals surface area contributed by atoms with Crippen LogP contribution in [0.3, 0.4) is 0 Å². The Labute approximate surface area is 113 Å². The molecule has 3 heteroatoms. The van der Waals surface area contributed by atoms with Crippen LogP contribution >= 0.6 is 0 Å². The molecule has 0 aromatic rings. The minimum absolute atomic E-state index is 0.302. The highest BCUT2D eigenvalue weighted by Crippen LogP contribution is 2.26. The van der Waals surface area contributed by atoms with Crippen LogP contribution in [0.2, 0.25) is 0 Å². The third-order valence-electron chi connectivity index (χ3n) is 4.39. The zero-order valence-corrected chi connectivity index (χ0v) is 12.9. The molecule has 1 aliphatic rings. The van der Waals surface area contributed by atoms with Crippen LogP contribution in [0.1, 0.15) is 47.5 Å². The summed E-state index contributed by atoms with van der Waals surface area (Å²) in [7, 11) is 0. The van der Waals surface area contributed by atoms with Gasteiger partial charge in [0, 0.05) is 18.6 Å². The first-order valence-corrected chi connectivity index (χ1v) is 7.48. The summed E-state index contributed by atoms with van der Waals surface area (Å²) in [6.07, 6.45) is 2.40. The summed E-state index contributed by atoms with van der Waals surface area (Å²) in [6, 6.07) is 0.935. The molecule has 0 aliphatic carbocycles. The molecule has 1 fully saturated rings. The molecular weight excluding hydrogens is 224 g/mol. The van der Waals surface area contributed by atoms with Crippen LogP contribution in [0.5, 0.6) is 0 Å². The van der Waals surface area contributed by atoms with E-state index < -0.39 is 0 Å². The molecule has 3 atom stereocenters. The Hall–Kier alpha value is -0.120. The van der Waals surface area contributed by atoms with Crippen molar-refractivity contribution < 1.29 is 5.11 Å². The van der Waals surface area contributed by atoms with Crippen molar-refractivity contribution in [3.63, 3.8) is 0 Å². The average molecular weight is 256 g/mol. The number of nitrogens with one attached hydrogen (secondary N) is 1. The summed E-state index contributed by atoms with van der Waals surface area (Å²) >= 11 is 0. The van der Waals surface area contributed by atoms with Crippen molar-refractivity contribution in [1.29, 1.82) is 0 Å². The Morgan fingerprint density at radius 1 is 1.39 bits per heavy atom. The lowest BCUT2D eigenvalue weighted by Gasteiger charge is -2.34. The lowest BCUT2D eigenvalue weighted by atomic mass is 9.84. The zero-order chi connectivity index (χ0) is 13.8. The van der Waals surface area contributed by atoms with E-state index >= 15 is 0 Å². The fraction of sp³-hybridized carbons (Fsp3) is 1.00. The van der Waals surface area contributed by atoms with Crippen LogP contribution in [0.25, 0.3) is 0 Å². The quantitative estimate of drug-likeness (QED) is 0.764. The Bertz CT molecular complexity index is 237. The van der Waals surface area contributed by atoms with E-state index in [1.54, 1.807) is 0 Å². The third-order valence-corrected chi connectivity index (χ3v) is 4.39. The highest BCUT2D eigenvalue weighted by Gasteiger charge is 2.31. The number of aliphatic hydroxyl groups is 1. The van der Waals surface area contributed by atoms with Crippen molar-refractivity contribution >= 4 is 0 Å². The molecule has 2 N–H and O–H groups in total. The van der Waals surface area contributed by atoms with Crippen molar-refractivity contribution in [2.24, 2.45) is 11.3 Å². The summed E-state index contributed by atoms with van der Waals surface area (Å²) in [5.74, 6) is 0.641. The number of nitrogens with zero attached hydrogens (tertiary/aromatic N) is 1. The van der Waals surface area contributed by atoms with Crippen LogP contribution in [-0.4, -0.2) is 48.3 Å². The minimum atomic E-state index is 0.302. The molecule has 0 spiro atoms. The van der Waals surface area contributed by atoms with Crippen LogP contribution < -0.4 is 5.32 Å². The van der Waals surface area contributed by atoms with Crippen molar-refractivity contribution in [2.45, 2.75) is 59.5 Å². The Morgan fingerprint density at radius 2 is 2.06 bits per heavy atom. The second kappa shape index (κ2) is 6.88. The van der Waals surface area contributed by atoms with Crippen molar-refractivity contribution in [2.75, 3.05) is 26.2 Å². The van der Waals surface area contributed by atoms with Gasteiger partial charge in [-0.05, 0) is 37.3 Å². The third kappa shape index (κ3) is 4.22. The van der Waals surface area contributed by atoms with Gasteiger partial charge in [-0.2, -0.15) is 0 Å². The van der Waals surface area contributed by atoms with E-state index in [-0.39, 0.29) is 0 Å². The Kier molecular flexibility index (Phi) is 6.09. The van der Waals surface area contributed by atoms with Gasteiger partial charge in [-0.15, -0.1) is 0 Å². The first kappa shape index (κ1) is 15.9. The summed E-state index contributed by atoms with van der Waals surface area (Å²) in [5.41, 5.74) is 0.302. The van der Waals surface area contributed by atoms with Gasteiger partial charge in [0.25, 0.3) is 0 Å². The molecule has 1 heterocycles. The van der Waals surface area contributed by atoms with E-state index in [9.17, 15) is 5.11 Å². The van der Waals surface area contributed by atoms with Crippen molar-refractivity contribution in [3.8, 4) is 0 Å². The van der Waals surface area contributed by atoms with Crippen LogP contribution in [0.15, 0.2) is 0 Å². The van der Waals surface area contributed by atoms with Crippen LogP contribution in [-0.2, 0) is 0 Å². The fourth-order valence-electron chi connectivity index (χ4n) is 3.04. The second-order valence-corrected chi connectivity index (χ2v) is 6.82. The molecule has 1 aliphatic heterocycles. The van der Waals surface area contributed by atoms with Gasteiger partial charge in [0.2, 0.25) is 0 Å². The van der Waals surface area contributed by atoms with E-state index in [0.717, 1.165) is 19.6 Å². The van der Waals surface area contributed by atoms with E-state index in [1.165, 1.54) is 12.8 Å². The van der Waals surface area contributed by atoms with Gasteiger partial charge >= 0.3 is 0 Å². The monoisotopic (exact) mass is 256 g/mol. The van der Waals surface area contributed by atoms with Gasteiger partial charge in [-0.3, -0.25) is 4.90 Å². The van der Waals surface area contributed by atoms with Gasteiger partial charge in [0.15, 0.2) is 0 Å². The number of rotatable bonds is 6. The molecule has 108 valence electrons. The van der Waals surface area contributed by atoms with Gasteiger partial charge in [-0.25, -0.2) is 0 Å². The molecule has 3 nitrogen and oxygen atoms in total. The number of hydrogen-bond donors (Lipinski definition) is 2. The maximum atomic E-state index is 9.48. The summed E-state index contributed by atoms with van der Waals surface area (Å²) < 4.78 is 0. The minimum Gasteiger partial charge on any atom is -0.395 e. The maximum absolute atomic E-state index is 9.48. The Morgan fingerprint density at radius 3 is 2.56 bits per heavy atom. The average Bonchev–Trinajstić information content (AvgIpc) is 2.63. The molecule has 0 aromatic heterocycles. The molecule has 18 heavy (non-hydrogen) atoms. The Balaban J connectivity index is 2.47. The number of aliphatic hydroxyl groups excluding tert-OH is 1. The molecule has 0 amide bonds. The second-order valence-electron chi connectivity index (χ2n) is 6.82. The number of hydrogen-bond acceptors (Lipinski definition) is 3. The smallest absolute Gasteiger partial charge is 0.0589 e. The molecule has 1 rings (SSSR count). The predicted octanol–water partition coefficient (Wildman–Crippen LogP) is 2.10. The lowest BCUT2D eigenvalue weighted by Crippen LogP contribution is -2.44. The SMILES string of the molecule is CCNC(CCN1CCC(C)C1CO)C(C)(C)C. The van der Waals surface area contributed by atoms with E-state index in [1.807, 2.05) is 0 Å². The van der Waals surface area contributed by atoms with Gasteiger partial charge in [-0.1, -0.05) is 34.6 Å². The van der Waals surface area contributed by atoms with Gasteiger partial charge < -0.3 is 10.4 Å². The van der Waals surface area contributed by atoms with Crippen LogP contribution in [0.4, 0.5) is 0 Å². The normalized spacial score (nSPS) is 27.7. The molecule has 0 bridgehead atoms. The highest BCUT2D eigenvalue weighted by molar-refractivity contribution is 4.87. The lowest BCUT2D eigenvalue weighted by molar-refractivity contribution is 0.127. The summed E-state index contributed by atoms with van der Waals surface area (Å²) in [6.45, 7) is 14.9. The van der Waals surface area contributed by atoms with E-state index in [4.69, 9.17) is 0 Å². The van der Waals surface area contributed by atoms with Crippen molar-refractivity contribution in [3.05, 3.63) is 0 Å². The highest BCUT2D eigenvalue weighted by atomic mass is 16.3. The molecule has 0 aromatic carbocycles. The zero-order valence-electron chi connectivity index (χ0n) is 12.9. The molecule has 3 unspecified atom stereocenters. The van der Waals surface area contributed by atoms with Crippen LogP contribution in [0, 0.1) is 11.3 Å². The largest absolute Gasteiger partial charge is 0.395 e. The first-order chi connectivity index (χ1) is 8.40. The first-order valence-electron chi connectivity index (χ1n) is 7.48. The topological polar surface area (TPSA) is 35.5 Å². The summed E-state index contributed by atoms with van der Waals surface area (Å²) in [5, 5.41) is 13.1. The number of likely N-dealkylation sites (tertiary alicyclic amines) is 1. The van der Waals surface area contributed by atoms with E-state index in [0.29, 0.717) is 30.0 Å². The maximum Gasteiger partial charge on any atom is 0.0589 e. The van der Waals surface area contributed by atoms with Crippen molar-refractivity contribution in [1.82, 2.24) is 10.2 Å². The van der Waals surface area contributed by atoms with Gasteiger partial charge in [0.05, 0.1) is 6.61 Å². The van der Waals surface area contributed by atoms with Gasteiger partial charge in [0.1, 0.15) is 0 Å². The molecule has 0 saturated carbocycles. The fourth-order valence-corrected chi connectivity index (χ4v) is 3.04. The standard InChI is InChI=1S/C15H32N2O/c1-6-16-14(15(3,4)5)8-10-17-9-7-12(2)13(17)11-18/h12-14,16,18H,6-11H2,1-5H3. The van der Waals surface area contributed by atoms with E-state index in [2.05, 4.69) is 44.8 Å².